The molecule has 0 amide bonds. The molecule has 1 heterocycles. The molecule has 3 aromatic carbocycles. The summed E-state index contributed by atoms with van der Waals surface area (Å²) in [5.74, 6) is 0. The standard InChI is InChI=1S/C22H21NP2/c1-16-12-13-19-20(24-17-8-4-2-5-9-17)14-15-21(22(19)23-16)25-18-10-6-3-7-11-18/h2-16,23-25H,1H3. The van der Waals surface area contributed by atoms with Gasteiger partial charge in [0.1, 0.15) is 0 Å². The van der Waals surface area contributed by atoms with Gasteiger partial charge in [-0.25, -0.2) is 0 Å². The number of hydrogen-bond acceptors (Lipinski definition) is 1. The maximum atomic E-state index is 3.70. The van der Waals surface area contributed by atoms with E-state index in [2.05, 4.69) is 97.2 Å². The Morgan fingerprint density at radius 2 is 1.28 bits per heavy atom. The second-order valence-electron chi connectivity index (χ2n) is 6.22. The first-order valence-corrected chi connectivity index (χ1v) is 10.6. The summed E-state index contributed by atoms with van der Waals surface area (Å²) in [7, 11) is 1.36. The number of nitrogens with one attached hydrogen (secondary N) is 1. The molecule has 0 saturated heterocycles. The highest BCUT2D eigenvalue weighted by atomic mass is 31.1. The lowest BCUT2D eigenvalue weighted by Crippen LogP contribution is -2.25. The minimum Gasteiger partial charge on any atom is -0.378 e. The lowest BCUT2D eigenvalue weighted by atomic mass is 10.1. The van der Waals surface area contributed by atoms with Gasteiger partial charge in [-0.05, 0) is 22.8 Å². The Balaban J connectivity index is 1.72. The first-order valence-electron chi connectivity index (χ1n) is 8.55. The fourth-order valence-corrected chi connectivity index (χ4v) is 5.38. The fraction of sp³-hybridized carbons (Fsp3) is 0.0909. The molecule has 0 bridgehead atoms. The van der Waals surface area contributed by atoms with Crippen molar-refractivity contribution in [2.45, 2.75) is 13.0 Å². The molecule has 3 aromatic rings. The van der Waals surface area contributed by atoms with Crippen molar-refractivity contribution in [3.8, 4) is 0 Å². The van der Waals surface area contributed by atoms with Crippen molar-refractivity contribution >= 4 is 50.1 Å². The van der Waals surface area contributed by atoms with Gasteiger partial charge in [0.2, 0.25) is 0 Å². The monoisotopic (exact) mass is 361 g/mol. The minimum atomic E-state index is 0.377. The molecule has 3 atom stereocenters. The Hall–Kier alpha value is -1.94. The maximum Gasteiger partial charge on any atom is 0.0503 e. The summed E-state index contributed by atoms with van der Waals surface area (Å²) in [6, 6.07) is 26.5. The molecule has 0 radical (unpaired) electrons. The molecule has 0 aromatic heterocycles. The zero-order valence-electron chi connectivity index (χ0n) is 14.2. The first-order chi connectivity index (χ1) is 12.3. The third kappa shape index (κ3) is 3.84. The Morgan fingerprint density at radius 1 is 0.720 bits per heavy atom. The van der Waals surface area contributed by atoms with Gasteiger partial charge in [0.25, 0.3) is 0 Å². The van der Waals surface area contributed by atoms with Gasteiger partial charge < -0.3 is 5.32 Å². The third-order valence-corrected chi connectivity index (χ3v) is 6.91. The van der Waals surface area contributed by atoms with E-state index in [4.69, 9.17) is 0 Å². The Bertz CT molecular complexity index is 889. The largest absolute Gasteiger partial charge is 0.378 e. The number of anilines is 1. The van der Waals surface area contributed by atoms with Gasteiger partial charge in [-0.2, -0.15) is 0 Å². The Kier molecular flexibility index (Phi) is 4.97. The van der Waals surface area contributed by atoms with Crippen LogP contribution in [0.2, 0.25) is 0 Å². The summed E-state index contributed by atoms with van der Waals surface area (Å²) < 4.78 is 0. The smallest absolute Gasteiger partial charge is 0.0503 e. The normalized spacial score (nSPS) is 16.4. The van der Waals surface area contributed by atoms with E-state index in [0.717, 1.165) is 0 Å². The van der Waals surface area contributed by atoms with Crippen LogP contribution in [0.4, 0.5) is 5.69 Å². The van der Waals surface area contributed by atoms with Crippen molar-refractivity contribution in [2.24, 2.45) is 0 Å². The van der Waals surface area contributed by atoms with E-state index in [9.17, 15) is 0 Å². The third-order valence-electron chi connectivity index (χ3n) is 4.27. The van der Waals surface area contributed by atoms with Crippen LogP contribution in [-0.4, -0.2) is 6.04 Å². The van der Waals surface area contributed by atoms with Gasteiger partial charge in [-0.1, -0.05) is 102 Å². The SMILES string of the molecule is CC1C=Cc2c(Pc3ccccc3)ccc(Pc3ccccc3)c2N1. The van der Waals surface area contributed by atoms with Gasteiger partial charge in [0, 0.05) is 16.9 Å². The van der Waals surface area contributed by atoms with E-state index in [1.54, 1.807) is 0 Å². The molecule has 0 fully saturated rings. The average molecular weight is 361 g/mol. The first kappa shape index (κ1) is 16.5. The van der Waals surface area contributed by atoms with Crippen LogP contribution in [0.15, 0.2) is 78.9 Å². The van der Waals surface area contributed by atoms with Crippen LogP contribution < -0.4 is 26.5 Å². The second kappa shape index (κ2) is 7.52. The molecule has 0 spiro atoms. The molecular weight excluding hydrogens is 340 g/mol. The average Bonchev–Trinajstić information content (AvgIpc) is 2.65. The second-order valence-corrected chi connectivity index (χ2v) is 8.96. The van der Waals surface area contributed by atoms with Gasteiger partial charge in [0.15, 0.2) is 0 Å². The van der Waals surface area contributed by atoms with E-state index >= 15 is 0 Å². The van der Waals surface area contributed by atoms with Crippen LogP contribution in [0.5, 0.6) is 0 Å². The lowest BCUT2D eigenvalue weighted by Gasteiger charge is -2.24. The molecular formula is C22H21NP2. The lowest BCUT2D eigenvalue weighted by molar-refractivity contribution is 0.996. The highest BCUT2D eigenvalue weighted by Gasteiger charge is 2.17. The molecule has 1 nitrogen and oxygen atoms in total. The summed E-state index contributed by atoms with van der Waals surface area (Å²) in [6.07, 6.45) is 4.57. The van der Waals surface area contributed by atoms with E-state index in [0.29, 0.717) is 23.2 Å². The molecule has 1 N–H and O–H groups in total. The number of hydrogen-bond donors (Lipinski definition) is 1. The maximum absolute atomic E-state index is 3.70. The highest BCUT2D eigenvalue weighted by molar-refractivity contribution is 7.56. The van der Waals surface area contributed by atoms with Gasteiger partial charge >= 0.3 is 0 Å². The molecule has 1 aliphatic rings. The molecule has 0 aliphatic carbocycles. The van der Waals surface area contributed by atoms with Gasteiger partial charge in [0.05, 0.1) is 5.69 Å². The van der Waals surface area contributed by atoms with Crippen LogP contribution in [0.25, 0.3) is 6.08 Å². The molecule has 1 aliphatic heterocycles. The molecule has 0 saturated carbocycles. The van der Waals surface area contributed by atoms with E-state index < -0.39 is 0 Å². The van der Waals surface area contributed by atoms with Crippen molar-refractivity contribution in [1.29, 1.82) is 0 Å². The zero-order valence-corrected chi connectivity index (χ0v) is 16.2. The fourth-order valence-electron chi connectivity index (χ4n) is 3.03. The van der Waals surface area contributed by atoms with E-state index in [1.165, 1.54) is 32.5 Å². The van der Waals surface area contributed by atoms with Crippen molar-refractivity contribution in [2.75, 3.05) is 5.32 Å². The van der Waals surface area contributed by atoms with Gasteiger partial charge in [-0.15, -0.1) is 0 Å². The van der Waals surface area contributed by atoms with Crippen LogP contribution in [0, 0.1) is 0 Å². The molecule has 25 heavy (non-hydrogen) atoms. The number of fused-ring (bicyclic) bond motifs is 1. The quantitative estimate of drug-likeness (QED) is 0.698. The topological polar surface area (TPSA) is 12.0 Å². The molecule has 3 heteroatoms. The van der Waals surface area contributed by atoms with Crippen LogP contribution in [-0.2, 0) is 0 Å². The van der Waals surface area contributed by atoms with Crippen molar-refractivity contribution in [3.63, 3.8) is 0 Å². The summed E-state index contributed by atoms with van der Waals surface area (Å²) in [4.78, 5) is 0. The molecule has 124 valence electrons. The van der Waals surface area contributed by atoms with Crippen LogP contribution >= 0.6 is 17.2 Å². The summed E-state index contributed by atoms with van der Waals surface area (Å²) >= 11 is 0. The zero-order chi connectivity index (χ0) is 17.1. The van der Waals surface area contributed by atoms with E-state index in [-0.39, 0.29) is 0 Å². The van der Waals surface area contributed by atoms with Crippen LogP contribution in [0.3, 0.4) is 0 Å². The van der Waals surface area contributed by atoms with E-state index in [1.807, 2.05) is 0 Å². The number of rotatable bonds is 4. The highest BCUT2D eigenvalue weighted by Crippen LogP contribution is 2.28. The Labute approximate surface area is 153 Å². The predicted molar refractivity (Wildman–Crippen MR) is 117 cm³/mol. The summed E-state index contributed by atoms with van der Waals surface area (Å²) in [5, 5.41) is 9.28. The van der Waals surface area contributed by atoms with Gasteiger partial charge in [-0.3, -0.25) is 0 Å². The minimum absolute atomic E-state index is 0.377. The van der Waals surface area contributed by atoms with Crippen molar-refractivity contribution < 1.29 is 0 Å². The molecule has 4 rings (SSSR count). The van der Waals surface area contributed by atoms with Crippen molar-refractivity contribution in [3.05, 3.63) is 84.4 Å². The summed E-state index contributed by atoms with van der Waals surface area (Å²) in [5.41, 5.74) is 2.68. The number of benzene rings is 3. The predicted octanol–water partition coefficient (Wildman–Crippen LogP) is 3.77. The molecule has 3 unspecified atom stereocenters. The Morgan fingerprint density at radius 3 is 1.92 bits per heavy atom. The van der Waals surface area contributed by atoms with Crippen LogP contribution in [0.1, 0.15) is 12.5 Å². The summed E-state index contributed by atoms with van der Waals surface area (Å²) in [6.45, 7) is 2.21. The van der Waals surface area contributed by atoms with Crippen molar-refractivity contribution in [1.82, 2.24) is 0 Å².